The first-order chi connectivity index (χ1) is 14.0. The molecule has 0 saturated heterocycles. The van der Waals surface area contributed by atoms with Crippen LogP contribution in [0.15, 0.2) is 35.4 Å². The van der Waals surface area contributed by atoms with Crippen LogP contribution in [0.5, 0.6) is 5.88 Å². The van der Waals surface area contributed by atoms with Crippen molar-refractivity contribution in [2.75, 3.05) is 24.1 Å². The van der Waals surface area contributed by atoms with Gasteiger partial charge in [-0.15, -0.1) is 0 Å². The van der Waals surface area contributed by atoms with Gasteiger partial charge < -0.3 is 20.5 Å². The van der Waals surface area contributed by atoms with Gasteiger partial charge in [0, 0.05) is 12.2 Å². The van der Waals surface area contributed by atoms with Crippen LogP contribution in [0.4, 0.5) is 16.3 Å². The minimum atomic E-state index is -3.87. The molecule has 0 radical (unpaired) electrons. The number of rotatable bonds is 8. The molecule has 30 heavy (non-hydrogen) atoms. The Balaban J connectivity index is 1.98. The van der Waals surface area contributed by atoms with Gasteiger partial charge in [-0.1, -0.05) is 0 Å². The Morgan fingerprint density at radius 3 is 2.47 bits per heavy atom. The van der Waals surface area contributed by atoms with Crippen LogP contribution in [0.2, 0.25) is 0 Å². The highest BCUT2D eigenvalue weighted by Crippen LogP contribution is 2.23. The SMILES string of the molecule is COc1nc(CCCNC(=O)OC(C)(C)C)cnc1NS(=O)(=O)c1ccc(N)cc1. The zero-order valence-corrected chi connectivity index (χ0v) is 18.2. The number of carbonyl (C=O) groups is 1. The van der Waals surface area contributed by atoms with Gasteiger partial charge in [-0.2, -0.15) is 0 Å². The second kappa shape index (κ2) is 9.61. The van der Waals surface area contributed by atoms with Gasteiger partial charge >= 0.3 is 6.09 Å². The predicted molar refractivity (Wildman–Crippen MR) is 113 cm³/mol. The molecule has 0 saturated carbocycles. The molecular formula is C19H27N5O5S. The third kappa shape index (κ3) is 7.07. The number of hydrogen-bond acceptors (Lipinski definition) is 8. The number of ether oxygens (including phenoxy) is 2. The van der Waals surface area contributed by atoms with Crippen molar-refractivity contribution < 1.29 is 22.7 Å². The summed E-state index contributed by atoms with van der Waals surface area (Å²) < 4.78 is 37.7. The molecule has 1 heterocycles. The summed E-state index contributed by atoms with van der Waals surface area (Å²) in [7, 11) is -2.50. The standard InChI is InChI=1S/C19H27N5O5S/c1-19(2,3)29-18(25)21-11-5-6-14-12-22-16(17(23-14)28-4)24-30(26,27)15-9-7-13(20)8-10-15/h7-10,12H,5-6,11,20H2,1-4H3,(H,21,25)(H,22,24). The van der Waals surface area contributed by atoms with Crippen molar-refractivity contribution in [1.82, 2.24) is 15.3 Å². The van der Waals surface area contributed by atoms with Gasteiger partial charge in [-0.05, 0) is 57.9 Å². The Kier molecular flexibility index (Phi) is 7.43. The van der Waals surface area contributed by atoms with E-state index in [0.717, 1.165) is 0 Å². The van der Waals surface area contributed by atoms with Crippen molar-refractivity contribution in [3.8, 4) is 5.88 Å². The summed E-state index contributed by atoms with van der Waals surface area (Å²) in [6.45, 7) is 5.76. The average Bonchev–Trinajstić information content (AvgIpc) is 2.65. The third-order valence-corrected chi connectivity index (χ3v) is 5.04. The number of sulfonamides is 1. The first kappa shape index (κ1) is 23.2. The fourth-order valence-corrected chi connectivity index (χ4v) is 3.35. The number of benzene rings is 1. The van der Waals surface area contributed by atoms with Crippen molar-refractivity contribution in [2.24, 2.45) is 0 Å². The van der Waals surface area contributed by atoms with Gasteiger partial charge in [0.05, 0.1) is 23.9 Å². The van der Waals surface area contributed by atoms with E-state index in [4.69, 9.17) is 15.2 Å². The number of hydrogen-bond donors (Lipinski definition) is 3. The Morgan fingerprint density at radius 2 is 1.87 bits per heavy atom. The molecule has 0 aliphatic heterocycles. The lowest BCUT2D eigenvalue weighted by atomic mass is 10.2. The number of nitrogens with two attached hydrogens (primary N) is 1. The summed E-state index contributed by atoms with van der Waals surface area (Å²) in [5, 5.41) is 2.66. The second-order valence-corrected chi connectivity index (χ2v) is 9.11. The van der Waals surface area contributed by atoms with Gasteiger partial charge in [0.2, 0.25) is 5.82 Å². The van der Waals surface area contributed by atoms with Crippen molar-refractivity contribution in [3.63, 3.8) is 0 Å². The van der Waals surface area contributed by atoms with Crippen molar-refractivity contribution in [3.05, 3.63) is 36.2 Å². The van der Waals surface area contributed by atoms with Crippen molar-refractivity contribution in [2.45, 2.75) is 44.1 Å². The Bertz CT molecular complexity index is 972. The lowest BCUT2D eigenvalue weighted by molar-refractivity contribution is 0.0527. The van der Waals surface area contributed by atoms with Gasteiger partial charge in [0.25, 0.3) is 15.9 Å². The molecule has 1 aromatic carbocycles. The number of aryl methyl sites for hydroxylation is 1. The van der Waals surface area contributed by atoms with E-state index in [1.807, 2.05) is 0 Å². The van der Waals surface area contributed by atoms with Crippen LogP contribution in [-0.4, -0.2) is 43.7 Å². The van der Waals surface area contributed by atoms with Gasteiger partial charge in [0.1, 0.15) is 5.60 Å². The Morgan fingerprint density at radius 1 is 1.20 bits per heavy atom. The molecule has 1 amide bonds. The molecule has 0 spiro atoms. The molecule has 164 valence electrons. The van der Waals surface area contributed by atoms with Crippen LogP contribution in [0.3, 0.4) is 0 Å². The molecule has 0 fully saturated rings. The van der Waals surface area contributed by atoms with Crippen LogP contribution in [-0.2, 0) is 21.2 Å². The average molecular weight is 438 g/mol. The summed E-state index contributed by atoms with van der Waals surface area (Å²) in [5.74, 6) is 0.0246. The fourth-order valence-electron chi connectivity index (χ4n) is 2.35. The number of alkyl carbamates (subject to hydrolysis) is 1. The van der Waals surface area contributed by atoms with E-state index < -0.39 is 21.7 Å². The number of methoxy groups -OCH3 is 1. The predicted octanol–water partition coefficient (Wildman–Crippen LogP) is 2.33. The molecule has 4 N–H and O–H groups in total. The largest absolute Gasteiger partial charge is 0.478 e. The number of nitrogens with zero attached hydrogens (tertiary/aromatic N) is 2. The van der Waals surface area contributed by atoms with Crippen LogP contribution >= 0.6 is 0 Å². The van der Waals surface area contributed by atoms with Crippen LogP contribution in [0, 0.1) is 0 Å². The Hall–Kier alpha value is -3.08. The van der Waals surface area contributed by atoms with E-state index in [-0.39, 0.29) is 16.6 Å². The summed E-state index contributed by atoms with van der Waals surface area (Å²) in [6, 6.07) is 5.77. The van der Waals surface area contributed by atoms with Crippen molar-refractivity contribution >= 4 is 27.6 Å². The molecule has 11 heteroatoms. The molecule has 10 nitrogen and oxygen atoms in total. The maximum Gasteiger partial charge on any atom is 0.407 e. The van der Waals surface area contributed by atoms with E-state index in [1.54, 1.807) is 20.8 Å². The zero-order valence-electron chi connectivity index (χ0n) is 17.4. The topological polar surface area (TPSA) is 146 Å². The highest BCUT2D eigenvalue weighted by Gasteiger charge is 2.19. The van der Waals surface area contributed by atoms with E-state index in [9.17, 15) is 13.2 Å². The summed E-state index contributed by atoms with van der Waals surface area (Å²) >= 11 is 0. The molecule has 0 atom stereocenters. The quantitative estimate of drug-likeness (QED) is 0.421. The van der Waals surface area contributed by atoms with Gasteiger partial charge in [-0.25, -0.2) is 23.2 Å². The number of nitrogen functional groups attached to an aromatic ring is 1. The molecule has 0 unspecified atom stereocenters. The maximum atomic E-state index is 12.5. The summed E-state index contributed by atoms with van der Waals surface area (Å²) in [6.07, 6.45) is 2.06. The Labute approximate surface area is 176 Å². The molecular weight excluding hydrogens is 410 g/mol. The van der Waals surface area contributed by atoms with Crippen LogP contribution in [0.1, 0.15) is 32.9 Å². The lowest BCUT2D eigenvalue weighted by Crippen LogP contribution is -2.33. The second-order valence-electron chi connectivity index (χ2n) is 7.43. The molecule has 0 bridgehead atoms. The van der Waals surface area contributed by atoms with Crippen LogP contribution < -0.4 is 20.5 Å². The fraction of sp³-hybridized carbons (Fsp3) is 0.421. The monoisotopic (exact) mass is 437 g/mol. The van der Waals surface area contributed by atoms with Crippen molar-refractivity contribution in [1.29, 1.82) is 0 Å². The number of carbonyl (C=O) groups excluding carboxylic acids is 1. The smallest absolute Gasteiger partial charge is 0.407 e. The summed E-state index contributed by atoms with van der Waals surface area (Å²) in [5.41, 5.74) is 6.08. The normalized spacial score (nSPS) is 11.6. The van der Waals surface area contributed by atoms with E-state index in [2.05, 4.69) is 20.0 Å². The molecule has 2 rings (SSSR count). The minimum absolute atomic E-state index is 0.0232. The summed E-state index contributed by atoms with van der Waals surface area (Å²) in [4.78, 5) is 20.1. The number of nitrogens with one attached hydrogen (secondary N) is 2. The third-order valence-electron chi connectivity index (χ3n) is 3.68. The van der Waals surface area contributed by atoms with Crippen LogP contribution in [0.25, 0.3) is 0 Å². The highest BCUT2D eigenvalue weighted by atomic mass is 32.2. The number of anilines is 2. The minimum Gasteiger partial charge on any atom is -0.478 e. The molecule has 2 aromatic rings. The first-order valence-electron chi connectivity index (χ1n) is 9.25. The molecule has 0 aliphatic carbocycles. The van der Waals surface area contributed by atoms with E-state index >= 15 is 0 Å². The van der Waals surface area contributed by atoms with E-state index in [0.29, 0.717) is 30.8 Å². The zero-order chi connectivity index (χ0) is 22.4. The molecule has 1 aromatic heterocycles. The van der Waals surface area contributed by atoms with E-state index in [1.165, 1.54) is 37.6 Å². The lowest BCUT2D eigenvalue weighted by Gasteiger charge is -2.19. The van der Waals surface area contributed by atoms with Gasteiger partial charge in [-0.3, -0.25) is 4.72 Å². The molecule has 0 aliphatic rings. The number of amides is 1. The first-order valence-corrected chi connectivity index (χ1v) is 10.7. The highest BCUT2D eigenvalue weighted by molar-refractivity contribution is 7.92. The maximum absolute atomic E-state index is 12.5. The van der Waals surface area contributed by atoms with Gasteiger partial charge in [0.15, 0.2) is 0 Å². The number of aromatic nitrogens is 2.